The van der Waals surface area contributed by atoms with E-state index in [0.29, 0.717) is 12.6 Å². The summed E-state index contributed by atoms with van der Waals surface area (Å²) >= 11 is 0. The lowest BCUT2D eigenvalue weighted by Crippen LogP contribution is -2.33. The van der Waals surface area contributed by atoms with E-state index in [1.807, 2.05) is 55.5 Å². The largest absolute Gasteiger partial charge is 0.490 e. The van der Waals surface area contributed by atoms with Crippen LogP contribution in [0.25, 0.3) is 0 Å². The molecule has 0 aromatic heterocycles. The van der Waals surface area contributed by atoms with Gasteiger partial charge in [0.2, 0.25) is 5.91 Å². The summed E-state index contributed by atoms with van der Waals surface area (Å²) in [6, 6.07) is 15.0. The maximum Gasteiger partial charge on any atom is 0.241 e. The van der Waals surface area contributed by atoms with E-state index in [2.05, 4.69) is 5.32 Å². The number of nitrogens with one attached hydrogen (secondary N) is 1. The van der Waals surface area contributed by atoms with E-state index < -0.39 is 6.04 Å². The average molecular weight is 375 g/mol. The minimum absolute atomic E-state index is 0. The van der Waals surface area contributed by atoms with Gasteiger partial charge in [0.1, 0.15) is 11.8 Å². The molecule has 0 radical (unpaired) electrons. The first kappa shape index (κ1) is 20.3. The molecule has 2 aromatic rings. The molecule has 2 aromatic carbocycles. The van der Waals surface area contributed by atoms with E-state index in [1.54, 1.807) is 0 Å². The summed E-state index contributed by atoms with van der Waals surface area (Å²) in [7, 11) is 0. The van der Waals surface area contributed by atoms with Crippen molar-refractivity contribution in [2.45, 2.75) is 51.3 Å². The molecule has 3 N–H and O–H groups in total. The third-order valence-corrected chi connectivity index (χ3v) is 4.74. The Hall–Kier alpha value is -2.04. The molecule has 4 nitrogen and oxygen atoms in total. The molecule has 0 aliphatic heterocycles. The van der Waals surface area contributed by atoms with Crippen molar-refractivity contribution in [2.24, 2.45) is 5.73 Å². The van der Waals surface area contributed by atoms with Gasteiger partial charge >= 0.3 is 0 Å². The van der Waals surface area contributed by atoms with Crippen LogP contribution in [0.3, 0.4) is 0 Å². The fourth-order valence-corrected chi connectivity index (χ4v) is 3.17. The fraction of sp³-hybridized carbons (Fsp3) is 0.381. The second-order valence-electron chi connectivity index (χ2n) is 6.74. The highest BCUT2D eigenvalue weighted by Gasteiger charge is 2.19. The summed E-state index contributed by atoms with van der Waals surface area (Å²) in [6.07, 6.45) is 4.98. The lowest BCUT2D eigenvalue weighted by atomic mass is 10.1. The van der Waals surface area contributed by atoms with Gasteiger partial charge in [0.15, 0.2) is 0 Å². The molecule has 1 unspecified atom stereocenters. The van der Waals surface area contributed by atoms with Crippen LogP contribution in [0.2, 0.25) is 0 Å². The number of amides is 1. The first-order valence-electron chi connectivity index (χ1n) is 8.98. The van der Waals surface area contributed by atoms with Crippen molar-refractivity contribution in [1.29, 1.82) is 0 Å². The maximum atomic E-state index is 12.4. The predicted molar refractivity (Wildman–Crippen MR) is 107 cm³/mol. The summed E-state index contributed by atoms with van der Waals surface area (Å²) in [5.41, 5.74) is 9.03. The summed E-state index contributed by atoms with van der Waals surface area (Å²) in [4.78, 5) is 12.4. The maximum absolute atomic E-state index is 12.4. The van der Waals surface area contributed by atoms with Crippen molar-refractivity contribution in [2.75, 3.05) is 0 Å². The highest BCUT2D eigenvalue weighted by Crippen LogP contribution is 2.26. The summed E-state index contributed by atoms with van der Waals surface area (Å²) < 4.78 is 6.11. The third-order valence-electron chi connectivity index (χ3n) is 4.74. The highest BCUT2D eigenvalue weighted by atomic mass is 35.5. The molecular weight excluding hydrogens is 348 g/mol. The molecule has 1 atom stereocenters. The molecule has 1 aliphatic carbocycles. The number of halogens is 1. The van der Waals surface area contributed by atoms with Crippen LogP contribution in [-0.2, 0) is 11.3 Å². The van der Waals surface area contributed by atoms with E-state index in [9.17, 15) is 4.79 Å². The zero-order valence-electron chi connectivity index (χ0n) is 15.1. The van der Waals surface area contributed by atoms with Gasteiger partial charge in [0.05, 0.1) is 6.10 Å². The first-order chi connectivity index (χ1) is 12.1. The standard InChI is InChI=1S/C21H26N2O2.ClH/c1-15-10-12-16(13-11-15)20(22)21(24)23-14-17-6-2-5-9-19(17)25-18-7-3-4-8-18;/h2,5-6,9-13,18,20H,3-4,7-8,14,22H2,1H3,(H,23,24);1H. The highest BCUT2D eigenvalue weighted by molar-refractivity contribution is 5.85. The summed E-state index contributed by atoms with van der Waals surface area (Å²) in [5.74, 6) is 0.679. The molecule has 1 fully saturated rings. The Morgan fingerprint density at radius 3 is 2.50 bits per heavy atom. The van der Waals surface area contributed by atoms with Gasteiger partial charge in [-0.25, -0.2) is 0 Å². The van der Waals surface area contributed by atoms with Crippen molar-refractivity contribution in [3.05, 3.63) is 65.2 Å². The molecule has 0 bridgehead atoms. The van der Waals surface area contributed by atoms with Gasteiger partial charge in [0.25, 0.3) is 0 Å². The zero-order chi connectivity index (χ0) is 17.6. The Labute approximate surface area is 161 Å². The average Bonchev–Trinajstić information content (AvgIpc) is 3.14. The zero-order valence-corrected chi connectivity index (χ0v) is 15.9. The molecule has 26 heavy (non-hydrogen) atoms. The van der Waals surface area contributed by atoms with E-state index in [0.717, 1.165) is 35.3 Å². The fourth-order valence-electron chi connectivity index (χ4n) is 3.17. The van der Waals surface area contributed by atoms with Crippen molar-refractivity contribution >= 4 is 18.3 Å². The van der Waals surface area contributed by atoms with Crippen LogP contribution in [0.5, 0.6) is 5.75 Å². The van der Waals surface area contributed by atoms with Crippen LogP contribution in [0.1, 0.15) is 48.4 Å². The van der Waals surface area contributed by atoms with Crippen molar-refractivity contribution < 1.29 is 9.53 Å². The van der Waals surface area contributed by atoms with Crippen LogP contribution >= 0.6 is 12.4 Å². The van der Waals surface area contributed by atoms with Gasteiger partial charge < -0.3 is 15.8 Å². The molecule has 1 amide bonds. The summed E-state index contributed by atoms with van der Waals surface area (Å²) in [5, 5.41) is 2.93. The van der Waals surface area contributed by atoms with Gasteiger partial charge in [0, 0.05) is 12.1 Å². The number of rotatable bonds is 6. The number of nitrogens with two attached hydrogens (primary N) is 1. The molecule has 3 rings (SSSR count). The Bertz CT molecular complexity index is 712. The quantitative estimate of drug-likeness (QED) is 0.801. The minimum Gasteiger partial charge on any atom is -0.490 e. The molecule has 1 saturated carbocycles. The smallest absolute Gasteiger partial charge is 0.241 e. The summed E-state index contributed by atoms with van der Waals surface area (Å²) in [6.45, 7) is 2.43. The first-order valence-corrected chi connectivity index (χ1v) is 8.98. The number of carbonyl (C=O) groups excluding carboxylic acids is 1. The molecule has 0 heterocycles. The van der Waals surface area contributed by atoms with Gasteiger partial charge in [-0.3, -0.25) is 4.79 Å². The number of carbonyl (C=O) groups is 1. The molecule has 5 heteroatoms. The second kappa shape index (κ2) is 9.60. The second-order valence-corrected chi connectivity index (χ2v) is 6.74. The number of hydrogen-bond donors (Lipinski definition) is 2. The van der Waals surface area contributed by atoms with Crippen LogP contribution in [0.15, 0.2) is 48.5 Å². The van der Waals surface area contributed by atoms with Crippen molar-refractivity contribution in [1.82, 2.24) is 5.32 Å². The van der Waals surface area contributed by atoms with Crippen molar-refractivity contribution in [3.8, 4) is 5.75 Å². The number of aryl methyl sites for hydroxylation is 1. The molecule has 0 spiro atoms. The number of para-hydroxylation sites is 1. The predicted octanol–water partition coefficient (Wildman–Crippen LogP) is 4.05. The van der Waals surface area contributed by atoms with Crippen LogP contribution in [0.4, 0.5) is 0 Å². The van der Waals surface area contributed by atoms with Gasteiger partial charge in [-0.1, -0.05) is 48.0 Å². The third kappa shape index (κ3) is 5.23. The van der Waals surface area contributed by atoms with E-state index in [-0.39, 0.29) is 18.3 Å². The lowest BCUT2D eigenvalue weighted by molar-refractivity contribution is -0.122. The Morgan fingerprint density at radius 2 is 1.81 bits per heavy atom. The topological polar surface area (TPSA) is 64.4 Å². The minimum atomic E-state index is -0.663. The van der Waals surface area contributed by atoms with E-state index in [4.69, 9.17) is 10.5 Å². The Kier molecular flexibility index (Phi) is 7.49. The lowest BCUT2D eigenvalue weighted by Gasteiger charge is -2.18. The normalized spacial score (nSPS) is 15.2. The number of benzene rings is 2. The van der Waals surface area contributed by atoms with E-state index in [1.165, 1.54) is 12.8 Å². The SMILES string of the molecule is Cc1ccc(C(N)C(=O)NCc2ccccc2OC2CCCC2)cc1.Cl. The van der Waals surface area contributed by atoms with Crippen molar-refractivity contribution in [3.63, 3.8) is 0 Å². The monoisotopic (exact) mass is 374 g/mol. The Morgan fingerprint density at radius 1 is 1.15 bits per heavy atom. The van der Waals surface area contributed by atoms with E-state index >= 15 is 0 Å². The molecule has 1 aliphatic rings. The Balaban J connectivity index is 0.00000243. The molecule has 140 valence electrons. The van der Waals surface area contributed by atoms with Crippen LogP contribution < -0.4 is 15.8 Å². The molecular formula is C21H27ClN2O2. The van der Waals surface area contributed by atoms with Gasteiger partial charge in [-0.2, -0.15) is 0 Å². The van der Waals surface area contributed by atoms with Gasteiger partial charge in [-0.05, 0) is 44.2 Å². The number of ether oxygens (including phenoxy) is 1. The van der Waals surface area contributed by atoms with Gasteiger partial charge in [-0.15, -0.1) is 12.4 Å². The van der Waals surface area contributed by atoms with Crippen LogP contribution in [0, 0.1) is 6.92 Å². The number of hydrogen-bond acceptors (Lipinski definition) is 3. The van der Waals surface area contributed by atoms with Crippen LogP contribution in [-0.4, -0.2) is 12.0 Å². The molecule has 0 saturated heterocycles.